The third-order valence-electron chi connectivity index (χ3n) is 2.92. The molecule has 0 spiro atoms. The maximum atomic E-state index is 12.5. The highest BCUT2D eigenvalue weighted by atomic mass is 32.1. The van der Waals surface area contributed by atoms with Gasteiger partial charge in [0.2, 0.25) is 0 Å². The van der Waals surface area contributed by atoms with Crippen molar-refractivity contribution in [3.63, 3.8) is 0 Å². The Hall–Kier alpha value is -1.48. The molecule has 0 amide bonds. The zero-order chi connectivity index (χ0) is 16.7. The number of halogens is 3. The number of hydrogen-bond donors (Lipinski definition) is 2. The standard InChI is InChI=1S/C15H17F3N2O2S/c16-15(17,18)14-5-1-3-11(20-14)7-19-8-12(21)9-22-10-13-4-2-6-23-13/h1-6,12,19,21H,7-10H2. The number of pyridine rings is 1. The molecule has 126 valence electrons. The highest BCUT2D eigenvalue weighted by Crippen LogP contribution is 2.27. The van der Waals surface area contributed by atoms with Crippen LogP contribution in [-0.4, -0.2) is 29.3 Å². The fourth-order valence-corrected chi connectivity index (χ4v) is 2.49. The number of nitrogens with zero attached hydrogens (tertiary/aromatic N) is 1. The maximum Gasteiger partial charge on any atom is 0.433 e. The SMILES string of the molecule is OC(CNCc1cccc(C(F)(F)F)n1)COCc1cccs1. The van der Waals surface area contributed by atoms with Crippen LogP contribution in [0.15, 0.2) is 35.7 Å². The van der Waals surface area contributed by atoms with Crippen molar-refractivity contribution in [2.24, 2.45) is 0 Å². The fourth-order valence-electron chi connectivity index (χ4n) is 1.85. The molecule has 1 unspecified atom stereocenters. The Labute approximate surface area is 135 Å². The van der Waals surface area contributed by atoms with E-state index in [0.29, 0.717) is 6.61 Å². The van der Waals surface area contributed by atoms with Crippen molar-refractivity contribution in [1.82, 2.24) is 10.3 Å². The molecule has 0 aliphatic rings. The Morgan fingerprint density at radius 1 is 1.26 bits per heavy atom. The summed E-state index contributed by atoms with van der Waals surface area (Å²) in [6.45, 7) is 0.944. The Morgan fingerprint density at radius 3 is 2.78 bits per heavy atom. The third kappa shape index (κ3) is 6.26. The van der Waals surface area contributed by atoms with Gasteiger partial charge in [0.05, 0.1) is 25.0 Å². The fraction of sp³-hybridized carbons (Fsp3) is 0.400. The van der Waals surface area contributed by atoms with E-state index in [4.69, 9.17) is 4.74 Å². The van der Waals surface area contributed by atoms with Gasteiger partial charge in [0, 0.05) is 18.0 Å². The van der Waals surface area contributed by atoms with Gasteiger partial charge >= 0.3 is 6.18 Å². The van der Waals surface area contributed by atoms with Crippen LogP contribution in [0.3, 0.4) is 0 Å². The summed E-state index contributed by atoms with van der Waals surface area (Å²) in [5.74, 6) is 0. The lowest BCUT2D eigenvalue weighted by Crippen LogP contribution is -2.30. The number of rotatable bonds is 8. The van der Waals surface area contributed by atoms with E-state index in [0.717, 1.165) is 10.9 Å². The maximum absolute atomic E-state index is 12.5. The minimum atomic E-state index is -4.45. The van der Waals surface area contributed by atoms with E-state index in [1.54, 1.807) is 11.3 Å². The molecule has 0 bridgehead atoms. The van der Waals surface area contributed by atoms with Crippen molar-refractivity contribution in [2.45, 2.75) is 25.4 Å². The molecular weight excluding hydrogens is 329 g/mol. The van der Waals surface area contributed by atoms with Gasteiger partial charge in [-0.1, -0.05) is 12.1 Å². The molecular formula is C15H17F3N2O2S. The quantitative estimate of drug-likeness (QED) is 0.772. The van der Waals surface area contributed by atoms with Gasteiger partial charge in [0.1, 0.15) is 5.69 Å². The van der Waals surface area contributed by atoms with Gasteiger partial charge < -0.3 is 15.2 Å². The van der Waals surface area contributed by atoms with Crippen molar-refractivity contribution < 1.29 is 23.0 Å². The predicted molar refractivity (Wildman–Crippen MR) is 80.9 cm³/mol. The summed E-state index contributed by atoms with van der Waals surface area (Å²) in [4.78, 5) is 4.61. The predicted octanol–water partition coefficient (Wildman–Crippen LogP) is 2.83. The first-order valence-corrected chi connectivity index (χ1v) is 7.85. The van der Waals surface area contributed by atoms with Gasteiger partial charge in [-0.3, -0.25) is 0 Å². The molecule has 2 aromatic heterocycles. The second kappa shape index (κ2) is 8.39. The lowest BCUT2D eigenvalue weighted by Gasteiger charge is -2.12. The molecule has 1 atom stereocenters. The highest BCUT2D eigenvalue weighted by molar-refractivity contribution is 7.09. The van der Waals surface area contributed by atoms with Crippen LogP contribution < -0.4 is 5.32 Å². The summed E-state index contributed by atoms with van der Waals surface area (Å²) in [7, 11) is 0. The zero-order valence-electron chi connectivity index (χ0n) is 12.2. The lowest BCUT2D eigenvalue weighted by molar-refractivity contribution is -0.141. The monoisotopic (exact) mass is 346 g/mol. The van der Waals surface area contributed by atoms with Gasteiger partial charge in [-0.15, -0.1) is 11.3 Å². The summed E-state index contributed by atoms with van der Waals surface area (Å²) in [5, 5.41) is 14.6. The van der Waals surface area contributed by atoms with Gasteiger partial charge in [-0.05, 0) is 23.6 Å². The van der Waals surface area contributed by atoms with Crippen LogP contribution in [0.4, 0.5) is 13.2 Å². The first kappa shape index (κ1) is 17.9. The largest absolute Gasteiger partial charge is 0.433 e. The van der Waals surface area contributed by atoms with Crippen LogP contribution >= 0.6 is 11.3 Å². The number of nitrogens with one attached hydrogen (secondary N) is 1. The van der Waals surface area contributed by atoms with Crippen molar-refractivity contribution in [1.29, 1.82) is 0 Å². The molecule has 2 N–H and O–H groups in total. The van der Waals surface area contributed by atoms with Crippen LogP contribution in [0, 0.1) is 0 Å². The number of hydrogen-bond acceptors (Lipinski definition) is 5. The minimum absolute atomic E-state index is 0.145. The van der Waals surface area contributed by atoms with Crippen LogP contribution in [0.25, 0.3) is 0 Å². The number of aromatic nitrogens is 1. The summed E-state index contributed by atoms with van der Waals surface area (Å²) >= 11 is 1.57. The third-order valence-corrected chi connectivity index (χ3v) is 3.77. The van der Waals surface area contributed by atoms with Crippen LogP contribution in [-0.2, 0) is 24.1 Å². The summed E-state index contributed by atoms with van der Waals surface area (Å²) in [5.41, 5.74) is -0.650. The molecule has 0 fully saturated rings. The second-order valence-corrected chi connectivity index (χ2v) is 5.92. The van der Waals surface area contributed by atoms with E-state index >= 15 is 0 Å². The molecule has 0 saturated heterocycles. The number of alkyl halides is 3. The molecule has 0 radical (unpaired) electrons. The van der Waals surface area contributed by atoms with Crippen molar-refractivity contribution in [2.75, 3.05) is 13.2 Å². The van der Waals surface area contributed by atoms with E-state index in [1.165, 1.54) is 12.1 Å². The first-order chi connectivity index (χ1) is 10.9. The van der Waals surface area contributed by atoms with Crippen LogP contribution in [0.5, 0.6) is 0 Å². The number of thiophene rings is 1. The van der Waals surface area contributed by atoms with Crippen LogP contribution in [0.1, 0.15) is 16.3 Å². The Morgan fingerprint density at radius 2 is 2.09 bits per heavy atom. The van der Waals surface area contributed by atoms with Crippen molar-refractivity contribution in [3.8, 4) is 0 Å². The van der Waals surface area contributed by atoms with Gasteiger partial charge in [-0.25, -0.2) is 4.98 Å². The average Bonchev–Trinajstić information content (AvgIpc) is 3.00. The lowest BCUT2D eigenvalue weighted by atomic mass is 10.3. The molecule has 23 heavy (non-hydrogen) atoms. The molecule has 0 aliphatic carbocycles. The van der Waals surface area contributed by atoms with E-state index in [2.05, 4.69) is 10.3 Å². The first-order valence-electron chi connectivity index (χ1n) is 6.97. The van der Waals surface area contributed by atoms with Crippen LogP contribution in [0.2, 0.25) is 0 Å². The number of aliphatic hydroxyl groups is 1. The summed E-state index contributed by atoms with van der Waals surface area (Å²) in [6, 6.07) is 7.60. The molecule has 4 nitrogen and oxygen atoms in total. The van der Waals surface area contributed by atoms with Gasteiger partial charge in [0.15, 0.2) is 0 Å². The molecule has 0 aliphatic heterocycles. The minimum Gasteiger partial charge on any atom is -0.389 e. The molecule has 2 rings (SSSR count). The Kier molecular flexibility index (Phi) is 6.52. The topological polar surface area (TPSA) is 54.4 Å². The number of ether oxygens (including phenoxy) is 1. The molecule has 2 aromatic rings. The molecule has 0 saturated carbocycles. The molecule has 0 aromatic carbocycles. The van der Waals surface area contributed by atoms with E-state index in [9.17, 15) is 18.3 Å². The highest BCUT2D eigenvalue weighted by Gasteiger charge is 2.32. The normalized spacial score (nSPS) is 13.2. The summed E-state index contributed by atoms with van der Waals surface area (Å²) in [6.07, 6.45) is -5.19. The number of aliphatic hydroxyl groups excluding tert-OH is 1. The van der Waals surface area contributed by atoms with Crippen molar-refractivity contribution in [3.05, 3.63) is 52.0 Å². The Bertz CT molecular complexity index is 591. The molecule has 2 heterocycles. The Balaban J connectivity index is 1.68. The van der Waals surface area contributed by atoms with E-state index in [1.807, 2.05) is 17.5 Å². The van der Waals surface area contributed by atoms with Crippen molar-refractivity contribution >= 4 is 11.3 Å². The van der Waals surface area contributed by atoms with E-state index in [-0.39, 0.29) is 25.4 Å². The summed E-state index contributed by atoms with van der Waals surface area (Å²) < 4.78 is 43.0. The van der Waals surface area contributed by atoms with Gasteiger partial charge in [0.25, 0.3) is 0 Å². The van der Waals surface area contributed by atoms with Gasteiger partial charge in [-0.2, -0.15) is 13.2 Å². The van der Waals surface area contributed by atoms with E-state index < -0.39 is 18.0 Å². The zero-order valence-corrected chi connectivity index (χ0v) is 13.0. The second-order valence-electron chi connectivity index (χ2n) is 4.89. The molecule has 8 heteroatoms. The smallest absolute Gasteiger partial charge is 0.389 e. The average molecular weight is 346 g/mol.